The summed E-state index contributed by atoms with van der Waals surface area (Å²) in [6.07, 6.45) is -0.0177. The SMILES string of the molecule is [CH2]C(O)C(CCO)[N+](C)(C)C. The predicted octanol–water partition coefficient (Wildman–Crippen LogP) is -0.361. The lowest BCUT2D eigenvalue weighted by atomic mass is 10.1. The summed E-state index contributed by atoms with van der Waals surface area (Å²) in [5.41, 5.74) is 0. The third-order valence-corrected chi connectivity index (χ3v) is 1.86. The van der Waals surface area contributed by atoms with Crippen LogP contribution in [-0.2, 0) is 0 Å². The molecule has 1 radical (unpaired) electrons. The summed E-state index contributed by atoms with van der Waals surface area (Å²) < 4.78 is 0.630. The zero-order chi connectivity index (χ0) is 9.07. The van der Waals surface area contributed by atoms with E-state index in [1.807, 2.05) is 21.1 Å². The Kier molecular flexibility index (Phi) is 4.00. The van der Waals surface area contributed by atoms with Crippen LogP contribution in [0.15, 0.2) is 0 Å². The Morgan fingerprint density at radius 3 is 1.91 bits per heavy atom. The number of nitrogens with zero attached hydrogens (tertiary/aromatic N) is 1. The van der Waals surface area contributed by atoms with E-state index in [-0.39, 0.29) is 12.6 Å². The van der Waals surface area contributed by atoms with E-state index >= 15 is 0 Å². The molecule has 11 heavy (non-hydrogen) atoms. The Balaban J connectivity index is 4.10. The van der Waals surface area contributed by atoms with Gasteiger partial charge in [-0.15, -0.1) is 0 Å². The Labute approximate surface area is 68.9 Å². The molecule has 2 atom stereocenters. The molecule has 2 unspecified atom stereocenters. The molecule has 67 valence electrons. The van der Waals surface area contributed by atoms with Crippen LogP contribution in [0.25, 0.3) is 0 Å². The largest absolute Gasteiger partial charge is 0.396 e. The maximum atomic E-state index is 9.24. The second kappa shape index (κ2) is 4.04. The van der Waals surface area contributed by atoms with Crippen molar-refractivity contribution in [2.75, 3.05) is 27.7 Å². The second-order valence-corrected chi connectivity index (χ2v) is 3.76. The van der Waals surface area contributed by atoms with Crippen LogP contribution >= 0.6 is 0 Å². The molecule has 0 saturated carbocycles. The molecule has 3 heteroatoms. The summed E-state index contributed by atoms with van der Waals surface area (Å²) >= 11 is 0. The molecule has 0 aromatic rings. The van der Waals surface area contributed by atoms with Crippen LogP contribution in [0.2, 0.25) is 0 Å². The van der Waals surface area contributed by atoms with Crippen LogP contribution in [0, 0.1) is 6.92 Å². The van der Waals surface area contributed by atoms with Gasteiger partial charge in [-0.3, -0.25) is 0 Å². The van der Waals surface area contributed by atoms with Gasteiger partial charge >= 0.3 is 0 Å². The highest BCUT2D eigenvalue weighted by Crippen LogP contribution is 2.10. The van der Waals surface area contributed by atoms with E-state index in [0.29, 0.717) is 10.9 Å². The Morgan fingerprint density at radius 1 is 1.36 bits per heavy atom. The Morgan fingerprint density at radius 2 is 1.82 bits per heavy atom. The number of likely N-dealkylation sites (N-methyl/N-ethyl adjacent to an activating group) is 1. The summed E-state index contributed by atoms with van der Waals surface area (Å²) in [5.74, 6) is 0. The standard InChI is InChI=1S/C8H19NO2/c1-7(11)8(5-6-10)9(2,3)4/h7-8,10-11H,1,5-6H2,2-4H3/q+1. The smallest absolute Gasteiger partial charge is 0.117 e. The molecule has 2 N–H and O–H groups in total. The normalized spacial score (nSPS) is 18.0. The number of aliphatic hydroxyl groups excluding tert-OH is 2. The van der Waals surface area contributed by atoms with Gasteiger partial charge in [-0.1, -0.05) is 0 Å². The minimum Gasteiger partial charge on any atom is -0.396 e. The Hall–Kier alpha value is -0.120. The van der Waals surface area contributed by atoms with Gasteiger partial charge < -0.3 is 14.7 Å². The topological polar surface area (TPSA) is 40.5 Å². The van der Waals surface area contributed by atoms with E-state index in [9.17, 15) is 5.11 Å². The van der Waals surface area contributed by atoms with Crippen molar-refractivity contribution < 1.29 is 14.7 Å². The monoisotopic (exact) mass is 161 g/mol. The van der Waals surface area contributed by atoms with Gasteiger partial charge in [-0.05, 0) is 6.92 Å². The molecule has 0 fully saturated rings. The van der Waals surface area contributed by atoms with Gasteiger partial charge in [0, 0.05) is 13.0 Å². The maximum Gasteiger partial charge on any atom is 0.117 e. The van der Waals surface area contributed by atoms with Crippen LogP contribution in [0.5, 0.6) is 0 Å². The minimum atomic E-state index is -0.609. The van der Waals surface area contributed by atoms with E-state index in [0.717, 1.165) is 0 Å². The molecule has 0 aliphatic rings. The van der Waals surface area contributed by atoms with Crippen molar-refractivity contribution in [3.8, 4) is 0 Å². The fourth-order valence-corrected chi connectivity index (χ4v) is 1.23. The molecule has 0 rings (SSSR count). The van der Waals surface area contributed by atoms with Crippen molar-refractivity contribution in [3.05, 3.63) is 6.92 Å². The highest BCUT2D eigenvalue weighted by Gasteiger charge is 2.27. The molecule has 0 heterocycles. The first-order valence-corrected chi connectivity index (χ1v) is 3.82. The number of quaternary nitrogens is 1. The number of hydrogen-bond donors (Lipinski definition) is 2. The van der Waals surface area contributed by atoms with Gasteiger partial charge in [0.15, 0.2) is 0 Å². The van der Waals surface area contributed by atoms with E-state index in [1.165, 1.54) is 0 Å². The summed E-state index contributed by atoms with van der Waals surface area (Å²) in [4.78, 5) is 0. The summed E-state index contributed by atoms with van der Waals surface area (Å²) in [6.45, 7) is 3.66. The lowest BCUT2D eigenvalue weighted by molar-refractivity contribution is -0.899. The number of hydrogen-bond acceptors (Lipinski definition) is 2. The van der Waals surface area contributed by atoms with Crippen LogP contribution in [0.1, 0.15) is 6.42 Å². The first kappa shape index (κ1) is 10.9. The van der Waals surface area contributed by atoms with Crippen molar-refractivity contribution in [1.82, 2.24) is 0 Å². The molecular formula is C8H19NO2+. The van der Waals surface area contributed by atoms with Crippen LogP contribution in [0.4, 0.5) is 0 Å². The van der Waals surface area contributed by atoms with E-state index in [4.69, 9.17) is 5.11 Å². The van der Waals surface area contributed by atoms with Crippen LogP contribution in [0.3, 0.4) is 0 Å². The molecule has 3 nitrogen and oxygen atoms in total. The lowest BCUT2D eigenvalue weighted by Crippen LogP contribution is -2.51. The van der Waals surface area contributed by atoms with Crippen LogP contribution in [-0.4, -0.2) is 54.6 Å². The van der Waals surface area contributed by atoms with E-state index in [2.05, 4.69) is 6.92 Å². The van der Waals surface area contributed by atoms with Crippen molar-refractivity contribution in [1.29, 1.82) is 0 Å². The maximum absolute atomic E-state index is 9.24. The van der Waals surface area contributed by atoms with Gasteiger partial charge in [0.1, 0.15) is 12.1 Å². The summed E-state index contributed by atoms with van der Waals surface area (Å²) in [6, 6.07) is 0.0139. The lowest BCUT2D eigenvalue weighted by Gasteiger charge is -2.35. The quantitative estimate of drug-likeness (QED) is 0.553. The average Bonchev–Trinajstić information content (AvgIpc) is 1.79. The minimum absolute atomic E-state index is 0.0139. The second-order valence-electron chi connectivity index (χ2n) is 3.76. The third kappa shape index (κ3) is 3.70. The molecule has 0 saturated heterocycles. The first-order valence-electron chi connectivity index (χ1n) is 3.82. The van der Waals surface area contributed by atoms with Gasteiger partial charge in [-0.2, -0.15) is 0 Å². The summed E-state index contributed by atoms with van der Waals surface area (Å²) in [5, 5.41) is 17.9. The van der Waals surface area contributed by atoms with Gasteiger partial charge in [0.2, 0.25) is 0 Å². The summed E-state index contributed by atoms with van der Waals surface area (Å²) in [7, 11) is 5.94. The highest BCUT2D eigenvalue weighted by atomic mass is 16.3. The fourth-order valence-electron chi connectivity index (χ4n) is 1.23. The molecule has 0 amide bonds. The molecule has 0 aliphatic heterocycles. The average molecular weight is 161 g/mol. The van der Waals surface area contributed by atoms with Gasteiger partial charge in [0.05, 0.1) is 21.1 Å². The van der Waals surface area contributed by atoms with Gasteiger partial charge in [-0.25, -0.2) is 0 Å². The van der Waals surface area contributed by atoms with Crippen molar-refractivity contribution in [2.45, 2.75) is 18.6 Å². The zero-order valence-electron chi connectivity index (χ0n) is 7.62. The molecular weight excluding hydrogens is 142 g/mol. The molecule has 0 bridgehead atoms. The number of rotatable bonds is 4. The molecule has 0 aliphatic carbocycles. The Bertz CT molecular complexity index is 107. The van der Waals surface area contributed by atoms with E-state index in [1.54, 1.807) is 0 Å². The molecule has 0 spiro atoms. The van der Waals surface area contributed by atoms with Gasteiger partial charge in [0.25, 0.3) is 0 Å². The van der Waals surface area contributed by atoms with Crippen LogP contribution < -0.4 is 0 Å². The fraction of sp³-hybridized carbons (Fsp3) is 0.875. The highest BCUT2D eigenvalue weighted by molar-refractivity contribution is 4.70. The van der Waals surface area contributed by atoms with Crippen molar-refractivity contribution in [2.24, 2.45) is 0 Å². The molecule has 0 aromatic carbocycles. The number of aliphatic hydroxyl groups is 2. The predicted molar refractivity (Wildman–Crippen MR) is 44.9 cm³/mol. The van der Waals surface area contributed by atoms with Crippen molar-refractivity contribution >= 4 is 0 Å². The van der Waals surface area contributed by atoms with Crippen molar-refractivity contribution in [3.63, 3.8) is 0 Å². The first-order chi connectivity index (χ1) is 4.89. The third-order valence-electron chi connectivity index (χ3n) is 1.86. The zero-order valence-corrected chi connectivity index (χ0v) is 7.62. The molecule has 0 aromatic heterocycles. The van der Waals surface area contributed by atoms with E-state index < -0.39 is 6.10 Å².